The standard InChI is InChI=1S/C15H18N2O3/c1-15(2,3)17(8-7-13(18)19)14(20)12-6-4-5-11(9-12)10-16/h4-6,9H,7-8H2,1-3H3,(H,18,19). The van der Waals surface area contributed by atoms with Crippen molar-refractivity contribution in [1.29, 1.82) is 5.26 Å². The second kappa shape index (κ2) is 6.20. The van der Waals surface area contributed by atoms with Crippen LogP contribution in [0.1, 0.15) is 43.1 Å². The Morgan fingerprint density at radius 3 is 2.50 bits per heavy atom. The third-order valence-corrected chi connectivity index (χ3v) is 2.84. The van der Waals surface area contributed by atoms with E-state index in [-0.39, 0.29) is 18.9 Å². The molecule has 0 saturated carbocycles. The van der Waals surface area contributed by atoms with Crippen molar-refractivity contribution < 1.29 is 14.7 Å². The van der Waals surface area contributed by atoms with Gasteiger partial charge in [-0.05, 0) is 39.0 Å². The summed E-state index contributed by atoms with van der Waals surface area (Å²) in [6.07, 6.45) is -0.110. The van der Waals surface area contributed by atoms with E-state index in [9.17, 15) is 9.59 Å². The summed E-state index contributed by atoms with van der Waals surface area (Å²) >= 11 is 0. The molecule has 0 saturated heterocycles. The number of benzene rings is 1. The Labute approximate surface area is 118 Å². The van der Waals surface area contributed by atoms with Crippen molar-refractivity contribution in [2.24, 2.45) is 0 Å². The molecule has 0 aliphatic heterocycles. The van der Waals surface area contributed by atoms with E-state index < -0.39 is 11.5 Å². The topological polar surface area (TPSA) is 81.4 Å². The number of carbonyl (C=O) groups excluding carboxylic acids is 1. The van der Waals surface area contributed by atoms with Crippen LogP contribution in [-0.4, -0.2) is 34.0 Å². The lowest BCUT2D eigenvalue weighted by Gasteiger charge is -2.35. The molecule has 0 spiro atoms. The van der Waals surface area contributed by atoms with E-state index in [2.05, 4.69) is 0 Å². The fourth-order valence-corrected chi connectivity index (χ4v) is 1.83. The number of carboxylic acids is 1. The molecule has 106 valence electrons. The molecule has 0 aromatic heterocycles. The van der Waals surface area contributed by atoms with Crippen molar-refractivity contribution in [3.05, 3.63) is 35.4 Å². The van der Waals surface area contributed by atoms with E-state index >= 15 is 0 Å². The van der Waals surface area contributed by atoms with Gasteiger partial charge in [-0.1, -0.05) is 6.07 Å². The second-order valence-corrected chi connectivity index (χ2v) is 5.46. The van der Waals surface area contributed by atoms with Crippen LogP contribution in [0.3, 0.4) is 0 Å². The van der Waals surface area contributed by atoms with Crippen LogP contribution in [0.15, 0.2) is 24.3 Å². The molecule has 1 aromatic rings. The Kier molecular flexibility index (Phi) is 4.87. The summed E-state index contributed by atoms with van der Waals surface area (Å²) in [4.78, 5) is 24.7. The Bertz CT molecular complexity index is 553. The molecule has 1 N–H and O–H groups in total. The summed E-state index contributed by atoms with van der Waals surface area (Å²) in [6.45, 7) is 5.68. The number of rotatable bonds is 4. The number of hydrogen-bond donors (Lipinski definition) is 1. The number of hydrogen-bond acceptors (Lipinski definition) is 3. The molecule has 0 fully saturated rings. The molecule has 0 bridgehead atoms. The zero-order valence-corrected chi connectivity index (χ0v) is 11.9. The number of nitrogens with zero attached hydrogens (tertiary/aromatic N) is 2. The van der Waals surface area contributed by atoms with Gasteiger partial charge in [-0.15, -0.1) is 0 Å². The molecule has 0 radical (unpaired) electrons. The summed E-state index contributed by atoms with van der Waals surface area (Å²) < 4.78 is 0. The monoisotopic (exact) mass is 274 g/mol. The van der Waals surface area contributed by atoms with Crippen LogP contribution < -0.4 is 0 Å². The van der Waals surface area contributed by atoms with Crippen molar-refractivity contribution >= 4 is 11.9 Å². The summed E-state index contributed by atoms with van der Waals surface area (Å²) in [5.74, 6) is -1.21. The lowest BCUT2D eigenvalue weighted by molar-refractivity contribution is -0.137. The van der Waals surface area contributed by atoms with Crippen LogP contribution >= 0.6 is 0 Å². The second-order valence-electron chi connectivity index (χ2n) is 5.46. The Morgan fingerprint density at radius 1 is 1.35 bits per heavy atom. The van der Waals surface area contributed by atoms with E-state index in [1.807, 2.05) is 26.8 Å². The molecule has 0 unspecified atom stereocenters. The van der Waals surface area contributed by atoms with Crippen LogP contribution in [0.4, 0.5) is 0 Å². The Balaban J connectivity index is 3.04. The van der Waals surface area contributed by atoms with E-state index in [0.717, 1.165) is 0 Å². The molecule has 0 atom stereocenters. The van der Waals surface area contributed by atoms with Crippen LogP contribution in [0.25, 0.3) is 0 Å². The maximum atomic E-state index is 12.5. The van der Waals surface area contributed by atoms with Gasteiger partial charge in [0.05, 0.1) is 18.1 Å². The van der Waals surface area contributed by atoms with Crippen LogP contribution in [0.5, 0.6) is 0 Å². The first-order valence-electron chi connectivity index (χ1n) is 6.29. The minimum absolute atomic E-state index is 0.110. The average molecular weight is 274 g/mol. The third-order valence-electron chi connectivity index (χ3n) is 2.84. The number of nitriles is 1. The first-order valence-corrected chi connectivity index (χ1v) is 6.29. The fourth-order valence-electron chi connectivity index (χ4n) is 1.83. The van der Waals surface area contributed by atoms with Crippen molar-refractivity contribution in [3.8, 4) is 6.07 Å². The van der Waals surface area contributed by atoms with Gasteiger partial charge in [0, 0.05) is 17.6 Å². The molecule has 5 nitrogen and oxygen atoms in total. The van der Waals surface area contributed by atoms with Gasteiger partial charge >= 0.3 is 5.97 Å². The summed E-state index contributed by atoms with van der Waals surface area (Å²) in [7, 11) is 0. The Hall–Kier alpha value is -2.35. The molecule has 20 heavy (non-hydrogen) atoms. The van der Waals surface area contributed by atoms with Gasteiger partial charge in [-0.2, -0.15) is 5.26 Å². The van der Waals surface area contributed by atoms with Crippen LogP contribution in [0.2, 0.25) is 0 Å². The van der Waals surface area contributed by atoms with Crippen molar-refractivity contribution in [1.82, 2.24) is 4.90 Å². The minimum Gasteiger partial charge on any atom is -0.481 e. The molecule has 1 aromatic carbocycles. The van der Waals surface area contributed by atoms with Gasteiger partial charge in [0.2, 0.25) is 0 Å². The highest BCUT2D eigenvalue weighted by Crippen LogP contribution is 2.18. The molecule has 5 heteroatoms. The van der Waals surface area contributed by atoms with E-state index in [4.69, 9.17) is 10.4 Å². The smallest absolute Gasteiger partial charge is 0.305 e. The van der Waals surface area contributed by atoms with Crippen LogP contribution in [-0.2, 0) is 4.79 Å². The van der Waals surface area contributed by atoms with Crippen molar-refractivity contribution in [3.63, 3.8) is 0 Å². The predicted octanol–water partition coefficient (Wildman–Crippen LogP) is 2.27. The fraction of sp³-hybridized carbons (Fsp3) is 0.400. The van der Waals surface area contributed by atoms with Gasteiger partial charge in [0.1, 0.15) is 0 Å². The average Bonchev–Trinajstić information content (AvgIpc) is 2.36. The number of carboxylic acid groups (broad SMARTS) is 1. The van der Waals surface area contributed by atoms with E-state index in [1.165, 1.54) is 11.0 Å². The molecule has 0 heterocycles. The number of aliphatic carboxylic acids is 1. The van der Waals surface area contributed by atoms with Gasteiger partial charge in [0.25, 0.3) is 5.91 Å². The van der Waals surface area contributed by atoms with Gasteiger partial charge in [-0.3, -0.25) is 9.59 Å². The summed E-state index contributed by atoms with van der Waals surface area (Å²) in [5, 5.41) is 17.6. The van der Waals surface area contributed by atoms with Gasteiger partial charge < -0.3 is 10.0 Å². The van der Waals surface area contributed by atoms with Gasteiger partial charge in [0.15, 0.2) is 0 Å². The summed E-state index contributed by atoms with van der Waals surface area (Å²) in [5.41, 5.74) is 0.308. The van der Waals surface area contributed by atoms with Crippen molar-refractivity contribution in [2.75, 3.05) is 6.54 Å². The highest BCUT2D eigenvalue weighted by atomic mass is 16.4. The lowest BCUT2D eigenvalue weighted by atomic mass is 10.0. The molecular weight excluding hydrogens is 256 g/mol. The lowest BCUT2D eigenvalue weighted by Crippen LogP contribution is -2.46. The first kappa shape index (κ1) is 15.7. The highest BCUT2D eigenvalue weighted by Gasteiger charge is 2.27. The SMILES string of the molecule is CC(C)(C)N(CCC(=O)O)C(=O)c1cccc(C#N)c1. The van der Waals surface area contributed by atoms with Gasteiger partial charge in [-0.25, -0.2) is 0 Å². The summed E-state index contributed by atoms with van der Waals surface area (Å²) in [6, 6.07) is 8.39. The third kappa shape index (κ3) is 4.09. The van der Waals surface area contributed by atoms with E-state index in [0.29, 0.717) is 11.1 Å². The molecular formula is C15H18N2O3. The highest BCUT2D eigenvalue weighted by molar-refractivity contribution is 5.95. The normalized spacial score (nSPS) is 10.7. The van der Waals surface area contributed by atoms with Crippen molar-refractivity contribution in [2.45, 2.75) is 32.7 Å². The largest absolute Gasteiger partial charge is 0.481 e. The maximum absolute atomic E-state index is 12.5. The molecule has 1 amide bonds. The molecule has 0 aliphatic carbocycles. The first-order chi connectivity index (χ1) is 9.25. The zero-order chi connectivity index (χ0) is 15.3. The number of amides is 1. The van der Waals surface area contributed by atoms with Crippen LogP contribution in [0, 0.1) is 11.3 Å². The zero-order valence-electron chi connectivity index (χ0n) is 11.9. The van der Waals surface area contributed by atoms with E-state index in [1.54, 1.807) is 18.2 Å². The molecule has 0 aliphatic rings. The number of carbonyl (C=O) groups is 2. The molecule has 1 rings (SSSR count). The Morgan fingerprint density at radius 2 is 2.00 bits per heavy atom. The minimum atomic E-state index is -0.946. The quantitative estimate of drug-likeness (QED) is 0.913. The predicted molar refractivity (Wildman–Crippen MR) is 74.2 cm³/mol. The maximum Gasteiger partial charge on any atom is 0.305 e.